The Morgan fingerprint density at radius 3 is 2.73 bits per heavy atom. The van der Waals surface area contributed by atoms with Crippen molar-refractivity contribution in [3.05, 3.63) is 71.8 Å². The molecule has 0 aliphatic rings. The number of benzene rings is 2. The van der Waals surface area contributed by atoms with Gasteiger partial charge in [-0.3, -0.25) is 0 Å². The van der Waals surface area contributed by atoms with Gasteiger partial charge in [0.2, 0.25) is 0 Å². The van der Waals surface area contributed by atoms with Gasteiger partial charge in [0, 0.05) is 6.54 Å². The summed E-state index contributed by atoms with van der Waals surface area (Å²) in [5.41, 5.74) is 1.98. The van der Waals surface area contributed by atoms with Crippen LogP contribution in [-0.4, -0.2) is 19.7 Å². The Bertz CT molecular complexity index is 623. The minimum atomic E-state index is -0.431. The van der Waals surface area contributed by atoms with E-state index in [1.807, 2.05) is 66.7 Å². The fourth-order valence-electron chi connectivity index (χ4n) is 1.86. The zero-order valence-corrected chi connectivity index (χ0v) is 12.5. The Hall–Kier alpha value is -2.75. The van der Waals surface area contributed by atoms with Gasteiger partial charge in [-0.2, -0.15) is 0 Å². The summed E-state index contributed by atoms with van der Waals surface area (Å²) in [5.74, 6) is 0.803. The maximum atomic E-state index is 11.5. The molecule has 2 aromatic rings. The number of carbonyl (C=O) groups excluding carboxylic acids is 1. The molecule has 0 aliphatic heterocycles. The minimum absolute atomic E-state index is 0.270. The van der Waals surface area contributed by atoms with Crippen molar-refractivity contribution < 1.29 is 14.3 Å². The SMILES string of the molecule is COc1cccc(C=CCNC(=O)OCc2ccccc2)c1. The predicted octanol–water partition coefficient (Wildman–Crippen LogP) is 3.63. The van der Waals surface area contributed by atoms with Crippen molar-refractivity contribution in [2.45, 2.75) is 6.61 Å². The Morgan fingerprint density at radius 1 is 1.14 bits per heavy atom. The fourth-order valence-corrected chi connectivity index (χ4v) is 1.86. The van der Waals surface area contributed by atoms with E-state index in [1.54, 1.807) is 7.11 Å². The predicted molar refractivity (Wildman–Crippen MR) is 86.7 cm³/mol. The first kappa shape index (κ1) is 15.6. The number of nitrogens with one attached hydrogen (secondary N) is 1. The lowest BCUT2D eigenvalue weighted by molar-refractivity contribution is 0.141. The Balaban J connectivity index is 1.71. The number of amides is 1. The molecule has 1 amide bonds. The minimum Gasteiger partial charge on any atom is -0.497 e. The Labute approximate surface area is 130 Å². The second kappa shape index (κ2) is 8.52. The quantitative estimate of drug-likeness (QED) is 0.885. The van der Waals surface area contributed by atoms with Crippen LogP contribution in [0.25, 0.3) is 6.08 Å². The second-order valence-corrected chi connectivity index (χ2v) is 4.62. The van der Waals surface area contributed by atoms with Crippen molar-refractivity contribution in [3.63, 3.8) is 0 Å². The summed E-state index contributed by atoms with van der Waals surface area (Å²) >= 11 is 0. The van der Waals surface area contributed by atoms with Gasteiger partial charge in [-0.05, 0) is 23.3 Å². The third-order valence-electron chi connectivity index (χ3n) is 2.98. The zero-order valence-electron chi connectivity index (χ0n) is 12.5. The summed E-state index contributed by atoms with van der Waals surface area (Å²) < 4.78 is 10.3. The molecular formula is C18H19NO3. The van der Waals surface area contributed by atoms with Crippen LogP contribution in [0.3, 0.4) is 0 Å². The van der Waals surface area contributed by atoms with Crippen LogP contribution in [-0.2, 0) is 11.3 Å². The topological polar surface area (TPSA) is 47.6 Å². The fraction of sp³-hybridized carbons (Fsp3) is 0.167. The van der Waals surface area contributed by atoms with E-state index in [2.05, 4.69) is 5.32 Å². The zero-order chi connectivity index (χ0) is 15.6. The van der Waals surface area contributed by atoms with Gasteiger partial charge < -0.3 is 14.8 Å². The molecule has 0 fully saturated rings. The van der Waals surface area contributed by atoms with Gasteiger partial charge in [0.05, 0.1) is 7.11 Å². The van der Waals surface area contributed by atoms with Crippen LogP contribution >= 0.6 is 0 Å². The first-order valence-electron chi connectivity index (χ1n) is 7.03. The van der Waals surface area contributed by atoms with Crippen LogP contribution in [0.5, 0.6) is 5.75 Å². The highest BCUT2D eigenvalue weighted by molar-refractivity contribution is 5.67. The van der Waals surface area contributed by atoms with Gasteiger partial charge in [0.25, 0.3) is 0 Å². The number of methoxy groups -OCH3 is 1. The van der Waals surface area contributed by atoms with Crippen LogP contribution in [0, 0.1) is 0 Å². The highest BCUT2D eigenvalue weighted by Gasteiger charge is 2.00. The van der Waals surface area contributed by atoms with E-state index < -0.39 is 6.09 Å². The largest absolute Gasteiger partial charge is 0.497 e. The first-order valence-corrected chi connectivity index (χ1v) is 7.03. The average molecular weight is 297 g/mol. The van der Waals surface area contributed by atoms with Gasteiger partial charge in [0.1, 0.15) is 12.4 Å². The highest BCUT2D eigenvalue weighted by atomic mass is 16.5. The second-order valence-electron chi connectivity index (χ2n) is 4.62. The Morgan fingerprint density at radius 2 is 1.95 bits per heavy atom. The van der Waals surface area contributed by atoms with Gasteiger partial charge in [0.15, 0.2) is 0 Å². The molecule has 0 aliphatic carbocycles. The molecule has 114 valence electrons. The van der Waals surface area contributed by atoms with Gasteiger partial charge in [-0.15, -0.1) is 0 Å². The number of hydrogen-bond acceptors (Lipinski definition) is 3. The van der Waals surface area contributed by atoms with Crippen molar-refractivity contribution in [2.75, 3.05) is 13.7 Å². The number of ether oxygens (including phenoxy) is 2. The number of alkyl carbamates (subject to hydrolysis) is 1. The van der Waals surface area contributed by atoms with Crippen LogP contribution in [0.15, 0.2) is 60.7 Å². The molecule has 22 heavy (non-hydrogen) atoms. The van der Waals surface area contributed by atoms with E-state index in [4.69, 9.17) is 9.47 Å². The van der Waals surface area contributed by atoms with Crippen LogP contribution in [0.2, 0.25) is 0 Å². The maximum absolute atomic E-state index is 11.5. The molecule has 0 saturated heterocycles. The van der Waals surface area contributed by atoms with Crippen LogP contribution in [0.1, 0.15) is 11.1 Å². The molecule has 2 rings (SSSR count). The number of hydrogen-bond donors (Lipinski definition) is 1. The van der Waals surface area contributed by atoms with Crippen molar-refractivity contribution in [3.8, 4) is 5.75 Å². The van der Waals surface area contributed by atoms with E-state index in [1.165, 1.54) is 0 Å². The summed E-state index contributed by atoms with van der Waals surface area (Å²) in [6, 6.07) is 17.3. The lowest BCUT2D eigenvalue weighted by Gasteiger charge is -2.05. The standard InChI is InChI=1S/C18H19NO3/c1-21-17-11-5-9-15(13-17)10-6-12-19-18(20)22-14-16-7-3-2-4-8-16/h2-11,13H,12,14H2,1H3,(H,19,20). The van der Waals surface area contributed by atoms with Crippen molar-refractivity contribution >= 4 is 12.2 Å². The van der Waals surface area contributed by atoms with Crippen molar-refractivity contribution in [1.29, 1.82) is 0 Å². The van der Waals surface area contributed by atoms with E-state index in [9.17, 15) is 4.79 Å². The van der Waals surface area contributed by atoms with E-state index in [0.29, 0.717) is 6.54 Å². The number of carbonyl (C=O) groups is 1. The molecule has 2 aromatic carbocycles. The van der Waals surface area contributed by atoms with E-state index in [0.717, 1.165) is 16.9 Å². The third-order valence-corrected chi connectivity index (χ3v) is 2.98. The normalized spacial score (nSPS) is 10.4. The lowest BCUT2D eigenvalue weighted by atomic mass is 10.2. The summed E-state index contributed by atoms with van der Waals surface area (Å²) in [4.78, 5) is 11.5. The van der Waals surface area contributed by atoms with Gasteiger partial charge in [-0.25, -0.2) is 4.79 Å². The smallest absolute Gasteiger partial charge is 0.407 e. The molecular weight excluding hydrogens is 278 g/mol. The number of rotatable bonds is 6. The van der Waals surface area contributed by atoms with E-state index >= 15 is 0 Å². The molecule has 4 nitrogen and oxygen atoms in total. The lowest BCUT2D eigenvalue weighted by Crippen LogP contribution is -2.24. The molecule has 0 spiro atoms. The Kier molecular flexibility index (Phi) is 6.05. The molecule has 0 radical (unpaired) electrons. The summed E-state index contributed by atoms with van der Waals surface area (Å²) in [7, 11) is 1.63. The molecule has 0 aromatic heterocycles. The summed E-state index contributed by atoms with van der Waals surface area (Å²) in [6.07, 6.45) is 3.34. The van der Waals surface area contributed by atoms with Gasteiger partial charge in [-0.1, -0.05) is 54.6 Å². The molecule has 4 heteroatoms. The summed E-state index contributed by atoms with van der Waals surface area (Å²) in [5, 5.41) is 2.67. The monoisotopic (exact) mass is 297 g/mol. The third kappa shape index (κ3) is 5.32. The molecule has 1 N–H and O–H groups in total. The highest BCUT2D eigenvalue weighted by Crippen LogP contribution is 2.13. The average Bonchev–Trinajstić information content (AvgIpc) is 2.58. The molecule has 0 bridgehead atoms. The first-order chi connectivity index (χ1) is 10.8. The maximum Gasteiger partial charge on any atom is 0.407 e. The molecule has 0 saturated carbocycles. The molecule has 0 unspecified atom stereocenters. The molecule has 0 heterocycles. The van der Waals surface area contributed by atoms with Crippen LogP contribution in [0.4, 0.5) is 4.79 Å². The van der Waals surface area contributed by atoms with E-state index in [-0.39, 0.29) is 6.61 Å². The molecule has 0 atom stereocenters. The van der Waals surface area contributed by atoms with Crippen molar-refractivity contribution in [2.24, 2.45) is 0 Å². The van der Waals surface area contributed by atoms with Gasteiger partial charge >= 0.3 is 6.09 Å². The van der Waals surface area contributed by atoms with Crippen molar-refractivity contribution in [1.82, 2.24) is 5.32 Å². The summed E-state index contributed by atoms with van der Waals surface area (Å²) in [6.45, 7) is 0.678. The van der Waals surface area contributed by atoms with Crippen LogP contribution < -0.4 is 10.1 Å².